The zero-order valence-corrected chi connectivity index (χ0v) is 15.9. The van der Waals surface area contributed by atoms with Crippen molar-refractivity contribution in [2.75, 3.05) is 18.2 Å². The minimum Gasteiger partial charge on any atom is -0.454 e. The first-order valence-electron chi connectivity index (χ1n) is 9.82. The SMILES string of the molecule is C[C@H](NC(=O)[C@H]1CC(=O)N(c2ccc3c(c2)OCO3)C1)C(=O)NC1CCCC1. The van der Waals surface area contributed by atoms with Crippen LogP contribution in [0.3, 0.4) is 0 Å². The summed E-state index contributed by atoms with van der Waals surface area (Å²) in [5.41, 5.74) is 0.677. The Kier molecular flexibility index (Phi) is 5.11. The molecule has 3 aliphatic rings. The molecule has 0 radical (unpaired) electrons. The van der Waals surface area contributed by atoms with Gasteiger partial charge in [0.15, 0.2) is 11.5 Å². The highest BCUT2D eigenvalue weighted by atomic mass is 16.7. The Balaban J connectivity index is 1.34. The van der Waals surface area contributed by atoms with Gasteiger partial charge in [-0.15, -0.1) is 0 Å². The van der Waals surface area contributed by atoms with E-state index in [-0.39, 0.29) is 43.5 Å². The topological polar surface area (TPSA) is 97.0 Å². The van der Waals surface area contributed by atoms with Crippen molar-refractivity contribution in [2.45, 2.75) is 51.1 Å². The number of anilines is 1. The molecule has 0 spiro atoms. The van der Waals surface area contributed by atoms with Gasteiger partial charge in [0.1, 0.15) is 6.04 Å². The molecule has 28 heavy (non-hydrogen) atoms. The highest BCUT2D eigenvalue weighted by Crippen LogP contribution is 2.37. The number of nitrogens with zero attached hydrogens (tertiary/aromatic N) is 1. The predicted octanol–water partition coefficient (Wildman–Crippen LogP) is 1.33. The third-order valence-corrected chi connectivity index (χ3v) is 5.62. The summed E-state index contributed by atoms with van der Waals surface area (Å²) in [6, 6.07) is 4.87. The average Bonchev–Trinajstić information content (AvgIpc) is 3.41. The Labute approximate surface area is 163 Å². The Hall–Kier alpha value is -2.77. The maximum absolute atomic E-state index is 12.6. The Morgan fingerprint density at radius 1 is 1.18 bits per heavy atom. The predicted molar refractivity (Wildman–Crippen MR) is 101 cm³/mol. The van der Waals surface area contributed by atoms with Crippen LogP contribution in [-0.2, 0) is 14.4 Å². The molecule has 0 aromatic heterocycles. The molecule has 1 aliphatic carbocycles. The van der Waals surface area contributed by atoms with E-state index in [1.165, 1.54) is 0 Å². The Bertz CT molecular complexity index is 790. The molecule has 8 nitrogen and oxygen atoms in total. The number of hydrogen-bond donors (Lipinski definition) is 2. The number of carbonyl (C=O) groups is 3. The van der Waals surface area contributed by atoms with Gasteiger partial charge >= 0.3 is 0 Å². The molecule has 150 valence electrons. The molecule has 3 amide bonds. The van der Waals surface area contributed by atoms with E-state index in [1.807, 2.05) is 0 Å². The fourth-order valence-corrected chi connectivity index (χ4v) is 3.98. The van der Waals surface area contributed by atoms with Gasteiger partial charge in [-0.05, 0) is 31.9 Å². The highest BCUT2D eigenvalue weighted by molar-refractivity contribution is 6.01. The Morgan fingerprint density at radius 2 is 1.93 bits per heavy atom. The van der Waals surface area contributed by atoms with Gasteiger partial charge in [0.05, 0.1) is 5.92 Å². The van der Waals surface area contributed by atoms with Gasteiger partial charge in [-0.3, -0.25) is 14.4 Å². The van der Waals surface area contributed by atoms with Gasteiger partial charge in [-0.2, -0.15) is 0 Å². The largest absolute Gasteiger partial charge is 0.454 e. The van der Waals surface area contributed by atoms with Crippen LogP contribution in [0.2, 0.25) is 0 Å². The van der Waals surface area contributed by atoms with E-state index in [0.717, 1.165) is 25.7 Å². The standard InChI is InChI=1S/C20H25N3O5/c1-12(19(25)22-14-4-2-3-5-14)21-20(26)13-8-18(24)23(10-13)15-6-7-16-17(9-15)28-11-27-16/h6-7,9,12-14H,2-5,8,10-11H2,1H3,(H,21,26)(H,22,25)/t12-,13-/m0/s1. The van der Waals surface area contributed by atoms with Crippen molar-refractivity contribution in [2.24, 2.45) is 5.92 Å². The van der Waals surface area contributed by atoms with Crippen LogP contribution < -0.4 is 25.0 Å². The zero-order chi connectivity index (χ0) is 19.7. The minimum atomic E-state index is -0.622. The summed E-state index contributed by atoms with van der Waals surface area (Å²) in [7, 11) is 0. The molecule has 1 saturated carbocycles. The normalized spacial score (nSPS) is 22.4. The molecule has 2 heterocycles. The van der Waals surface area contributed by atoms with Gasteiger partial charge in [0.25, 0.3) is 0 Å². The second-order valence-electron chi connectivity index (χ2n) is 7.66. The number of nitrogens with one attached hydrogen (secondary N) is 2. The van der Waals surface area contributed by atoms with Crippen LogP contribution in [-0.4, -0.2) is 43.1 Å². The smallest absolute Gasteiger partial charge is 0.242 e. The van der Waals surface area contributed by atoms with Gasteiger partial charge in [-0.1, -0.05) is 12.8 Å². The summed E-state index contributed by atoms with van der Waals surface area (Å²) in [5, 5.41) is 5.74. The lowest BCUT2D eigenvalue weighted by atomic mass is 10.1. The van der Waals surface area contributed by atoms with E-state index < -0.39 is 12.0 Å². The molecule has 1 saturated heterocycles. The number of carbonyl (C=O) groups excluding carboxylic acids is 3. The van der Waals surface area contributed by atoms with Crippen molar-refractivity contribution >= 4 is 23.4 Å². The fourth-order valence-electron chi connectivity index (χ4n) is 3.98. The van der Waals surface area contributed by atoms with Gasteiger partial charge < -0.3 is 25.0 Å². The summed E-state index contributed by atoms with van der Waals surface area (Å²) in [6.07, 6.45) is 4.37. The lowest BCUT2D eigenvalue weighted by molar-refractivity contribution is -0.131. The van der Waals surface area contributed by atoms with Crippen molar-refractivity contribution in [1.29, 1.82) is 0 Å². The molecule has 8 heteroatoms. The van der Waals surface area contributed by atoms with Gasteiger partial charge in [0.2, 0.25) is 24.5 Å². The summed E-state index contributed by atoms with van der Waals surface area (Å²) in [5.74, 6) is 0.187. The molecule has 2 N–H and O–H groups in total. The number of hydrogen-bond acceptors (Lipinski definition) is 5. The molecule has 2 aliphatic heterocycles. The number of amides is 3. The highest BCUT2D eigenvalue weighted by Gasteiger charge is 2.36. The van der Waals surface area contributed by atoms with Crippen LogP contribution in [0.1, 0.15) is 39.0 Å². The molecule has 1 aromatic rings. The zero-order valence-electron chi connectivity index (χ0n) is 15.9. The average molecular weight is 387 g/mol. The third kappa shape index (κ3) is 3.76. The van der Waals surface area contributed by atoms with E-state index in [1.54, 1.807) is 30.0 Å². The van der Waals surface area contributed by atoms with Crippen LogP contribution >= 0.6 is 0 Å². The molecule has 0 unspecified atom stereocenters. The van der Waals surface area contributed by atoms with E-state index in [9.17, 15) is 14.4 Å². The maximum atomic E-state index is 12.6. The summed E-state index contributed by atoms with van der Waals surface area (Å²) in [6.45, 7) is 2.12. The second-order valence-corrected chi connectivity index (χ2v) is 7.66. The molecule has 2 fully saturated rings. The van der Waals surface area contributed by atoms with Gasteiger partial charge in [0, 0.05) is 30.8 Å². The quantitative estimate of drug-likeness (QED) is 0.795. The Morgan fingerprint density at radius 3 is 2.71 bits per heavy atom. The first kappa shape index (κ1) is 18.6. The lowest BCUT2D eigenvalue weighted by Gasteiger charge is -2.20. The van der Waals surface area contributed by atoms with Crippen molar-refractivity contribution in [3.05, 3.63) is 18.2 Å². The van der Waals surface area contributed by atoms with Crippen LogP contribution in [0.4, 0.5) is 5.69 Å². The van der Waals surface area contributed by atoms with Crippen molar-refractivity contribution in [3.63, 3.8) is 0 Å². The van der Waals surface area contributed by atoms with Gasteiger partial charge in [-0.25, -0.2) is 0 Å². The van der Waals surface area contributed by atoms with Crippen LogP contribution in [0.15, 0.2) is 18.2 Å². The summed E-state index contributed by atoms with van der Waals surface area (Å²) < 4.78 is 10.6. The van der Waals surface area contributed by atoms with Crippen LogP contribution in [0.5, 0.6) is 11.5 Å². The lowest BCUT2D eigenvalue weighted by Crippen LogP contribution is -2.49. The molecule has 4 rings (SSSR count). The molecule has 2 atom stereocenters. The third-order valence-electron chi connectivity index (χ3n) is 5.62. The monoisotopic (exact) mass is 387 g/mol. The van der Waals surface area contributed by atoms with Crippen molar-refractivity contribution in [3.8, 4) is 11.5 Å². The van der Waals surface area contributed by atoms with Crippen molar-refractivity contribution in [1.82, 2.24) is 10.6 Å². The number of benzene rings is 1. The summed E-state index contributed by atoms with van der Waals surface area (Å²) in [4.78, 5) is 38.9. The van der Waals surface area contributed by atoms with E-state index >= 15 is 0 Å². The number of fused-ring (bicyclic) bond motifs is 1. The number of ether oxygens (including phenoxy) is 2. The fraction of sp³-hybridized carbons (Fsp3) is 0.550. The summed E-state index contributed by atoms with van der Waals surface area (Å²) >= 11 is 0. The molecule has 1 aromatic carbocycles. The molecular weight excluding hydrogens is 362 g/mol. The first-order valence-corrected chi connectivity index (χ1v) is 9.82. The second kappa shape index (κ2) is 7.69. The molecular formula is C20H25N3O5. The van der Waals surface area contributed by atoms with E-state index in [4.69, 9.17) is 9.47 Å². The maximum Gasteiger partial charge on any atom is 0.242 e. The minimum absolute atomic E-state index is 0.122. The number of rotatable bonds is 5. The molecule has 0 bridgehead atoms. The van der Waals surface area contributed by atoms with Crippen LogP contribution in [0, 0.1) is 5.92 Å². The van der Waals surface area contributed by atoms with Crippen LogP contribution in [0.25, 0.3) is 0 Å². The first-order chi connectivity index (χ1) is 13.5. The van der Waals surface area contributed by atoms with Crippen molar-refractivity contribution < 1.29 is 23.9 Å². The van der Waals surface area contributed by atoms with E-state index in [2.05, 4.69) is 10.6 Å². The van der Waals surface area contributed by atoms with E-state index in [0.29, 0.717) is 17.2 Å².